The Balaban J connectivity index is 1.72. The molecule has 0 aliphatic rings. The van der Waals surface area contributed by atoms with Crippen LogP contribution in [0, 0.1) is 0 Å². The van der Waals surface area contributed by atoms with Gasteiger partial charge in [0.2, 0.25) is 0 Å². The number of methoxy groups -OCH3 is 1. The zero-order valence-corrected chi connectivity index (χ0v) is 18.5. The van der Waals surface area contributed by atoms with Crippen molar-refractivity contribution in [3.05, 3.63) is 92.4 Å². The predicted octanol–water partition coefficient (Wildman–Crippen LogP) is 7.09. The molecule has 0 aliphatic carbocycles. The quantitative estimate of drug-likeness (QED) is 0.397. The van der Waals surface area contributed by atoms with E-state index in [1.54, 1.807) is 25.3 Å². The van der Waals surface area contributed by atoms with Crippen molar-refractivity contribution in [2.24, 2.45) is 0 Å². The van der Waals surface area contributed by atoms with Crippen molar-refractivity contribution in [2.45, 2.75) is 26.1 Å². The van der Waals surface area contributed by atoms with Crippen LogP contribution in [0.15, 0.2) is 60.7 Å². The lowest BCUT2D eigenvalue weighted by Gasteiger charge is -2.17. The minimum Gasteiger partial charge on any atom is -0.493 e. The third-order valence-electron chi connectivity index (χ3n) is 4.62. The number of hydrogen-bond donors (Lipinski definition) is 1. The third kappa shape index (κ3) is 5.58. The van der Waals surface area contributed by atoms with Gasteiger partial charge in [0.15, 0.2) is 11.5 Å². The molecule has 0 saturated heterocycles. The van der Waals surface area contributed by atoms with Gasteiger partial charge in [-0.05, 0) is 42.3 Å². The van der Waals surface area contributed by atoms with E-state index in [2.05, 4.69) is 24.4 Å². The number of ether oxygens (including phenoxy) is 2. The third-order valence-corrected chi connectivity index (χ3v) is 5.61. The summed E-state index contributed by atoms with van der Waals surface area (Å²) in [6.45, 7) is 2.96. The van der Waals surface area contributed by atoms with E-state index in [9.17, 15) is 0 Å². The second-order valence-corrected chi connectivity index (χ2v) is 7.83. The molecule has 0 bridgehead atoms. The van der Waals surface area contributed by atoms with Gasteiger partial charge in [-0.3, -0.25) is 0 Å². The van der Waals surface area contributed by atoms with Gasteiger partial charge < -0.3 is 14.8 Å². The van der Waals surface area contributed by atoms with E-state index in [1.165, 1.54) is 5.56 Å². The Morgan fingerprint density at radius 3 is 2.24 bits per heavy atom. The normalized spacial score (nSPS) is 11.9. The Morgan fingerprint density at radius 1 is 0.897 bits per heavy atom. The Bertz CT molecular complexity index is 944. The molecule has 0 unspecified atom stereocenters. The summed E-state index contributed by atoms with van der Waals surface area (Å²) in [5.41, 5.74) is 2.93. The maximum absolute atomic E-state index is 6.49. The summed E-state index contributed by atoms with van der Waals surface area (Å²) >= 11 is 18.9. The van der Waals surface area contributed by atoms with Crippen molar-refractivity contribution in [2.75, 3.05) is 7.11 Å². The Hall–Kier alpha value is -1.91. The van der Waals surface area contributed by atoms with Crippen molar-refractivity contribution in [1.29, 1.82) is 0 Å². The molecule has 0 aromatic heterocycles. The molecule has 0 amide bonds. The second-order valence-electron chi connectivity index (χ2n) is 6.61. The van der Waals surface area contributed by atoms with Crippen LogP contribution in [0.4, 0.5) is 0 Å². The molecule has 3 nitrogen and oxygen atoms in total. The number of halogens is 3. The van der Waals surface area contributed by atoms with Crippen LogP contribution in [0.1, 0.15) is 29.7 Å². The van der Waals surface area contributed by atoms with E-state index in [0.29, 0.717) is 38.7 Å². The van der Waals surface area contributed by atoms with Crippen molar-refractivity contribution >= 4 is 34.8 Å². The van der Waals surface area contributed by atoms with Crippen LogP contribution in [0.5, 0.6) is 11.5 Å². The largest absolute Gasteiger partial charge is 0.493 e. The van der Waals surface area contributed by atoms with E-state index in [0.717, 1.165) is 5.56 Å². The van der Waals surface area contributed by atoms with Crippen molar-refractivity contribution in [3.8, 4) is 11.5 Å². The first kappa shape index (κ1) is 21.8. The monoisotopic (exact) mass is 449 g/mol. The van der Waals surface area contributed by atoms with E-state index in [4.69, 9.17) is 44.3 Å². The van der Waals surface area contributed by atoms with E-state index >= 15 is 0 Å². The first-order chi connectivity index (χ1) is 14.0. The van der Waals surface area contributed by atoms with Crippen LogP contribution < -0.4 is 14.8 Å². The molecule has 1 N–H and O–H groups in total. The minimum absolute atomic E-state index is 0.192. The van der Waals surface area contributed by atoms with E-state index in [1.807, 2.05) is 30.3 Å². The van der Waals surface area contributed by atoms with Crippen LogP contribution in [-0.4, -0.2) is 7.11 Å². The van der Waals surface area contributed by atoms with Gasteiger partial charge in [-0.15, -0.1) is 0 Å². The van der Waals surface area contributed by atoms with Crippen LogP contribution in [0.3, 0.4) is 0 Å². The molecular weight excluding hydrogens is 429 g/mol. The maximum Gasteiger partial charge on any atom is 0.180 e. The second kappa shape index (κ2) is 10.2. The summed E-state index contributed by atoms with van der Waals surface area (Å²) in [7, 11) is 1.59. The van der Waals surface area contributed by atoms with Crippen molar-refractivity contribution in [3.63, 3.8) is 0 Å². The summed E-state index contributed by atoms with van der Waals surface area (Å²) in [6, 6.07) is 19.6. The summed E-state index contributed by atoms with van der Waals surface area (Å²) < 4.78 is 11.4. The van der Waals surface area contributed by atoms with Crippen LogP contribution in [0.25, 0.3) is 0 Å². The highest BCUT2D eigenvalue weighted by molar-refractivity contribution is 6.36. The Kier molecular flexibility index (Phi) is 7.68. The minimum atomic E-state index is 0.192. The SMILES string of the molecule is COc1cc(CN[C@@H](C)c2ccccc2)cc(Cl)c1OCc1c(Cl)cccc1Cl. The molecule has 0 radical (unpaired) electrons. The molecule has 3 rings (SSSR count). The number of hydrogen-bond acceptors (Lipinski definition) is 3. The molecule has 0 saturated carbocycles. The molecule has 0 fully saturated rings. The van der Waals surface area contributed by atoms with Gasteiger partial charge in [0.25, 0.3) is 0 Å². The summed E-state index contributed by atoms with van der Waals surface area (Å²) in [5.74, 6) is 1.02. The Labute approximate surface area is 186 Å². The highest BCUT2D eigenvalue weighted by Crippen LogP contribution is 2.38. The Morgan fingerprint density at radius 2 is 1.59 bits per heavy atom. The fourth-order valence-electron chi connectivity index (χ4n) is 2.96. The molecular formula is C23H22Cl3NO2. The maximum atomic E-state index is 6.49. The standard InChI is InChI=1S/C23H22Cl3NO2/c1-15(17-7-4-3-5-8-17)27-13-16-11-21(26)23(22(12-16)28-2)29-14-18-19(24)9-6-10-20(18)25/h3-12,15,27H,13-14H2,1-2H3/t15-/m0/s1. The first-order valence-corrected chi connectivity index (χ1v) is 10.3. The van der Waals surface area contributed by atoms with Crippen LogP contribution in [-0.2, 0) is 13.2 Å². The lowest BCUT2D eigenvalue weighted by molar-refractivity contribution is 0.284. The molecule has 1 atom stereocenters. The number of rotatable bonds is 8. The van der Waals surface area contributed by atoms with E-state index in [-0.39, 0.29) is 12.6 Å². The smallest absolute Gasteiger partial charge is 0.180 e. The van der Waals surface area contributed by atoms with Gasteiger partial charge in [0.1, 0.15) is 6.61 Å². The fraction of sp³-hybridized carbons (Fsp3) is 0.217. The summed E-state index contributed by atoms with van der Waals surface area (Å²) in [6.07, 6.45) is 0. The summed E-state index contributed by atoms with van der Waals surface area (Å²) in [5, 5.41) is 5.05. The highest BCUT2D eigenvalue weighted by Gasteiger charge is 2.15. The van der Waals surface area contributed by atoms with Gasteiger partial charge in [-0.1, -0.05) is 71.2 Å². The number of nitrogens with one attached hydrogen (secondary N) is 1. The summed E-state index contributed by atoms with van der Waals surface area (Å²) in [4.78, 5) is 0. The van der Waals surface area contributed by atoms with E-state index < -0.39 is 0 Å². The average molecular weight is 451 g/mol. The molecule has 0 heterocycles. The lowest BCUT2D eigenvalue weighted by Crippen LogP contribution is -2.18. The van der Waals surface area contributed by atoms with Crippen LogP contribution >= 0.6 is 34.8 Å². The van der Waals surface area contributed by atoms with Gasteiger partial charge >= 0.3 is 0 Å². The molecule has 3 aromatic carbocycles. The van der Waals surface area contributed by atoms with Gasteiger partial charge in [-0.25, -0.2) is 0 Å². The predicted molar refractivity (Wildman–Crippen MR) is 120 cm³/mol. The van der Waals surface area contributed by atoms with Crippen molar-refractivity contribution < 1.29 is 9.47 Å². The lowest BCUT2D eigenvalue weighted by atomic mass is 10.1. The molecule has 0 spiro atoms. The molecule has 29 heavy (non-hydrogen) atoms. The molecule has 3 aromatic rings. The van der Waals surface area contributed by atoms with Gasteiger partial charge in [0, 0.05) is 28.2 Å². The van der Waals surface area contributed by atoms with Gasteiger partial charge in [0.05, 0.1) is 12.1 Å². The zero-order valence-electron chi connectivity index (χ0n) is 16.2. The first-order valence-electron chi connectivity index (χ1n) is 9.20. The van der Waals surface area contributed by atoms with Crippen molar-refractivity contribution in [1.82, 2.24) is 5.32 Å². The highest BCUT2D eigenvalue weighted by atomic mass is 35.5. The molecule has 0 aliphatic heterocycles. The fourth-order valence-corrected chi connectivity index (χ4v) is 3.75. The average Bonchev–Trinajstić information content (AvgIpc) is 2.73. The van der Waals surface area contributed by atoms with Gasteiger partial charge in [-0.2, -0.15) is 0 Å². The van der Waals surface area contributed by atoms with Crippen LogP contribution in [0.2, 0.25) is 15.1 Å². The topological polar surface area (TPSA) is 30.5 Å². The molecule has 6 heteroatoms. The number of benzene rings is 3. The zero-order chi connectivity index (χ0) is 20.8. The molecule has 152 valence electrons.